The molecule has 0 spiro atoms. The number of hydrogen-bond donors (Lipinski definition) is 0. The molecule has 1 aromatic heterocycles. The molecule has 0 bridgehead atoms. The zero-order chi connectivity index (χ0) is 9.14. The lowest BCUT2D eigenvalue weighted by Crippen LogP contribution is -1.90. The predicted octanol–water partition coefficient (Wildman–Crippen LogP) is 2.64. The van der Waals surface area contributed by atoms with Crippen molar-refractivity contribution in [3.05, 3.63) is 22.4 Å². The van der Waals surface area contributed by atoms with Crippen LogP contribution in [0.3, 0.4) is 0 Å². The SMILES string of the molecule is [B]P(C)Oc1cncc(Br)c1C. The third-order valence-corrected chi connectivity index (χ3v) is 2.63. The average molecular weight is 244 g/mol. The fourth-order valence-electron chi connectivity index (χ4n) is 0.729. The maximum Gasteiger partial charge on any atom is 0.166 e. The molecule has 0 aliphatic carbocycles. The van der Waals surface area contributed by atoms with Crippen LogP contribution in [0.15, 0.2) is 16.9 Å². The molecule has 62 valence electrons. The number of halogens is 1. The molecule has 1 rings (SSSR count). The normalized spacial score (nSPS) is 12.6. The van der Waals surface area contributed by atoms with Crippen molar-refractivity contribution < 1.29 is 4.52 Å². The number of rotatable bonds is 2. The van der Waals surface area contributed by atoms with E-state index < -0.39 is 8.03 Å². The Morgan fingerprint density at radius 3 is 2.83 bits per heavy atom. The smallest absolute Gasteiger partial charge is 0.166 e. The first-order valence-corrected chi connectivity index (χ1v) is 5.94. The van der Waals surface area contributed by atoms with Crippen molar-refractivity contribution in [3.63, 3.8) is 0 Å². The van der Waals surface area contributed by atoms with Crippen molar-refractivity contribution in [1.82, 2.24) is 4.98 Å². The number of nitrogens with zero attached hydrogens (tertiary/aromatic N) is 1. The van der Waals surface area contributed by atoms with Crippen molar-refractivity contribution >= 4 is 31.5 Å². The number of hydrogen-bond acceptors (Lipinski definition) is 2. The number of pyridine rings is 1. The molecule has 0 fully saturated rings. The van der Waals surface area contributed by atoms with Gasteiger partial charge in [-0.2, -0.15) is 0 Å². The highest BCUT2D eigenvalue weighted by Gasteiger charge is 2.04. The molecule has 5 heteroatoms. The summed E-state index contributed by atoms with van der Waals surface area (Å²) in [6, 6.07) is 0. The highest BCUT2D eigenvalue weighted by Crippen LogP contribution is 2.33. The van der Waals surface area contributed by atoms with Gasteiger partial charge in [-0.05, 0) is 29.5 Å². The predicted molar refractivity (Wildman–Crippen MR) is 55.9 cm³/mol. The van der Waals surface area contributed by atoms with Crippen LogP contribution in [-0.2, 0) is 0 Å². The van der Waals surface area contributed by atoms with Gasteiger partial charge in [0.15, 0.2) is 7.57 Å². The Bertz CT molecular complexity index is 282. The molecule has 1 atom stereocenters. The molecule has 0 aromatic carbocycles. The molecule has 1 heterocycles. The standard InChI is InChI=1S/C7H8BBrNOP/c1-5-6(9)3-10-4-7(5)11-12(2)8/h3-4H,1-2H3. The largest absolute Gasteiger partial charge is 0.484 e. The highest BCUT2D eigenvalue weighted by molar-refractivity contribution is 9.10. The van der Waals surface area contributed by atoms with Gasteiger partial charge in [0.1, 0.15) is 5.75 Å². The molecule has 0 saturated carbocycles. The average Bonchev–Trinajstić information content (AvgIpc) is 1.98. The van der Waals surface area contributed by atoms with Gasteiger partial charge in [-0.3, -0.25) is 4.98 Å². The Morgan fingerprint density at radius 2 is 2.25 bits per heavy atom. The summed E-state index contributed by atoms with van der Waals surface area (Å²) in [5.41, 5.74) is 1.03. The van der Waals surface area contributed by atoms with Crippen LogP contribution in [-0.4, -0.2) is 19.2 Å². The van der Waals surface area contributed by atoms with Crippen LogP contribution in [0.25, 0.3) is 0 Å². The van der Waals surface area contributed by atoms with E-state index in [-0.39, 0.29) is 0 Å². The van der Waals surface area contributed by atoms with Crippen LogP contribution < -0.4 is 4.52 Å². The van der Waals surface area contributed by atoms with E-state index in [1.54, 1.807) is 12.4 Å². The molecule has 0 aliphatic heterocycles. The van der Waals surface area contributed by atoms with E-state index in [9.17, 15) is 0 Å². The summed E-state index contributed by atoms with van der Waals surface area (Å²) < 4.78 is 6.32. The summed E-state index contributed by atoms with van der Waals surface area (Å²) in [6.07, 6.45) is 3.41. The van der Waals surface area contributed by atoms with E-state index in [1.807, 2.05) is 13.6 Å². The van der Waals surface area contributed by atoms with Crippen molar-refractivity contribution in [1.29, 1.82) is 0 Å². The zero-order valence-corrected chi connectivity index (χ0v) is 9.39. The Labute approximate surface area is 83.1 Å². The molecule has 2 radical (unpaired) electrons. The monoisotopic (exact) mass is 243 g/mol. The molecular formula is C7H8BBrNOP. The van der Waals surface area contributed by atoms with E-state index in [0.717, 1.165) is 15.8 Å². The molecule has 12 heavy (non-hydrogen) atoms. The Kier molecular flexibility index (Phi) is 3.54. The fraction of sp³-hybridized carbons (Fsp3) is 0.286. The van der Waals surface area contributed by atoms with E-state index in [4.69, 9.17) is 12.1 Å². The lowest BCUT2D eigenvalue weighted by Gasteiger charge is -2.12. The Morgan fingerprint density at radius 1 is 1.58 bits per heavy atom. The van der Waals surface area contributed by atoms with Crippen LogP contribution in [0.1, 0.15) is 5.56 Å². The summed E-state index contributed by atoms with van der Waals surface area (Å²) >= 11 is 3.36. The Balaban J connectivity index is 2.92. The quantitative estimate of drug-likeness (QED) is 0.589. The van der Waals surface area contributed by atoms with E-state index in [1.165, 1.54) is 0 Å². The second-order valence-corrected chi connectivity index (χ2v) is 4.51. The summed E-state index contributed by atoms with van der Waals surface area (Å²) in [5.74, 6) is 0.750. The van der Waals surface area contributed by atoms with Crippen LogP contribution in [0.2, 0.25) is 0 Å². The highest BCUT2D eigenvalue weighted by atomic mass is 79.9. The van der Waals surface area contributed by atoms with E-state index >= 15 is 0 Å². The molecule has 0 N–H and O–H groups in total. The van der Waals surface area contributed by atoms with Gasteiger partial charge in [-0.25, -0.2) is 0 Å². The third-order valence-electron chi connectivity index (χ3n) is 1.35. The minimum Gasteiger partial charge on any atom is -0.484 e. The summed E-state index contributed by atoms with van der Waals surface area (Å²) in [6.45, 7) is 3.80. The van der Waals surface area contributed by atoms with Gasteiger partial charge in [0.25, 0.3) is 0 Å². The zero-order valence-electron chi connectivity index (χ0n) is 6.91. The van der Waals surface area contributed by atoms with Crippen molar-refractivity contribution in [2.24, 2.45) is 0 Å². The van der Waals surface area contributed by atoms with Gasteiger partial charge < -0.3 is 4.52 Å². The molecule has 2 nitrogen and oxygen atoms in total. The van der Waals surface area contributed by atoms with Gasteiger partial charge >= 0.3 is 0 Å². The van der Waals surface area contributed by atoms with E-state index in [2.05, 4.69) is 20.9 Å². The first-order chi connectivity index (χ1) is 5.61. The van der Waals surface area contributed by atoms with Gasteiger partial charge in [-0.15, -0.1) is 0 Å². The third kappa shape index (κ3) is 2.46. The van der Waals surface area contributed by atoms with Crippen molar-refractivity contribution in [3.8, 4) is 5.75 Å². The van der Waals surface area contributed by atoms with Crippen LogP contribution in [0, 0.1) is 6.92 Å². The van der Waals surface area contributed by atoms with Crippen LogP contribution in [0.5, 0.6) is 5.75 Å². The molecule has 1 unspecified atom stereocenters. The molecule has 0 aliphatic rings. The fourth-order valence-corrected chi connectivity index (χ4v) is 1.54. The summed E-state index contributed by atoms with van der Waals surface area (Å²) in [5, 5.41) is 0. The molecular weight excluding hydrogens is 236 g/mol. The molecule has 0 amide bonds. The lowest BCUT2D eigenvalue weighted by atomic mass is 10.3. The van der Waals surface area contributed by atoms with Crippen LogP contribution in [0.4, 0.5) is 0 Å². The minimum absolute atomic E-state index is 0.750. The second-order valence-electron chi connectivity index (χ2n) is 2.38. The van der Waals surface area contributed by atoms with Crippen molar-refractivity contribution in [2.75, 3.05) is 6.66 Å². The minimum atomic E-state index is -0.866. The lowest BCUT2D eigenvalue weighted by molar-refractivity contribution is 0.619. The first kappa shape index (κ1) is 10.0. The van der Waals surface area contributed by atoms with Gasteiger partial charge in [0.05, 0.1) is 6.20 Å². The van der Waals surface area contributed by atoms with Gasteiger partial charge in [-0.1, -0.05) is 0 Å². The van der Waals surface area contributed by atoms with Gasteiger partial charge in [0, 0.05) is 24.3 Å². The van der Waals surface area contributed by atoms with Crippen LogP contribution >= 0.6 is 24.0 Å². The topological polar surface area (TPSA) is 22.1 Å². The first-order valence-electron chi connectivity index (χ1n) is 3.37. The second kappa shape index (κ2) is 4.24. The number of aromatic nitrogens is 1. The Hall–Kier alpha value is -0.0751. The van der Waals surface area contributed by atoms with Crippen molar-refractivity contribution in [2.45, 2.75) is 6.92 Å². The van der Waals surface area contributed by atoms with Gasteiger partial charge in [0.2, 0.25) is 0 Å². The summed E-state index contributed by atoms with van der Waals surface area (Å²) in [4.78, 5) is 3.98. The molecule has 0 saturated heterocycles. The maximum atomic E-state index is 5.54. The maximum absolute atomic E-state index is 5.54. The molecule has 1 aromatic rings. The summed E-state index contributed by atoms with van der Waals surface area (Å²) in [7, 11) is 4.68. The van der Waals surface area contributed by atoms with E-state index in [0.29, 0.717) is 0 Å².